The van der Waals surface area contributed by atoms with Crippen LogP contribution in [0.1, 0.15) is 44.6 Å². The van der Waals surface area contributed by atoms with Gasteiger partial charge in [-0.1, -0.05) is 50.1 Å². The summed E-state index contributed by atoms with van der Waals surface area (Å²) in [5.74, 6) is -1.53. The lowest BCUT2D eigenvalue weighted by molar-refractivity contribution is 0.332. The van der Waals surface area contributed by atoms with Crippen molar-refractivity contribution in [1.29, 1.82) is 0 Å². The maximum Gasteiger partial charge on any atom is 0.165 e. The van der Waals surface area contributed by atoms with E-state index in [0.717, 1.165) is 32.1 Å². The van der Waals surface area contributed by atoms with Gasteiger partial charge in [-0.25, -0.2) is 8.78 Å². The third-order valence-corrected chi connectivity index (χ3v) is 4.47. The first-order chi connectivity index (χ1) is 10.5. The largest absolute Gasteiger partial charge is 0.505 e. The summed E-state index contributed by atoms with van der Waals surface area (Å²) in [5.41, 5.74) is 0.644. The Bertz CT molecular complexity index is 608. The zero-order chi connectivity index (χ0) is 16.2. The van der Waals surface area contributed by atoms with Gasteiger partial charge < -0.3 is 5.11 Å². The zero-order valence-electron chi connectivity index (χ0n) is 12.9. The van der Waals surface area contributed by atoms with E-state index >= 15 is 0 Å². The van der Waals surface area contributed by atoms with Crippen LogP contribution in [0.25, 0.3) is 0 Å². The molecule has 0 unspecified atom stereocenters. The van der Waals surface area contributed by atoms with E-state index in [4.69, 9.17) is 0 Å². The van der Waals surface area contributed by atoms with Gasteiger partial charge in [-0.2, -0.15) is 0 Å². The fraction of sp³-hybridized carbons (Fsp3) is 0.368. The normalized spacial score (nSPS) is 18.6. The van der Waals surface area contributed by atoms with Gasteiger partial charge >= 0.3 is 0 Å². The fourth-order valence-corrected chi connectivity index (χ4v) is 3.38. The second kappa shape index (κ2) is 6.91. The van der Waals surface area contributed by atoms with Gasteiger partial charge in [-0.3, -0.25) is 0 Å². The van der Waals surface area contributed by atoms with E-state index in [9.17, 15) is 13.9 Å². The number of phenolic OH excluding ortho intramolecular Hbond substituents is 1. The average Bonchev–Trinajstić information content (AvgIpc) is 2.51. The molecule has 1 aromatic rings. The number of phenols is 1. The Balaban J connectivity index is 2.60. The Morgan fingerprint density at radius 1 is 1.27 bits per heavy atom. The number of aromatic hydroxyl groups is 1. The highest BCUT2D eigenvalue weighted by molar-refractivity contribution is 5.47. The molecule has 1 N–H and O–H groups in total. The maximum atomic E-state index is 14.1. The Labute approximate surface area is 130 Å². The molecule has 1 nitrogen and oxygen atoms in total. The first-order valence-corrected chi connectivity index (χ1v) is 7.68. The summed E-state index contributed by atoms with van der Waals surface area (Å²) in [5, 5.41) is 9.42. The van der Waals surface area contributed by atoms with Crippen LogP contribution in [0.5, 0.6) is 5.75 Å². The minimum absolute atomic E-state index is 0.382. The molecule has 1 aliphatic rings. The molecule has 0 amide bonds. The topological polar surface area (TPSA) is 20.2 Å². The van der Waals surface area contributed by atoms with E-state index in [-0.39, 0.29) is 5.75 Å². The molecule has 1 saturated carbocycles. The Morgan fingerprint density at radius 3 is 2.50 bits per heavy atom. The van der Waals surface area contributed by atoms with E-state index in [1.54, 1.807) is 18.2 Å². The Kier molecular flexibility index (Phi) is 5.17. The van der Waals surface area contributed by atoms with Crippen LogP contribution >= 0.6 is 0 Å². The van der Waals surface area contributed by atoms with E-state index in [2.05, 4.69) is 6.58 Å². The Morgan fingerprint density at radius 2 is 1.95 bits per heavy atom. The van der Waals surface area contributed by atoms with Crippen LogP contribution in [-0.4, -0.2) is 5.11 Å². The molecular formula is C19H22F2O. The fourth-order valence-electron chi connectivity index (χ4n) is 3.38. The van der Waals surface area contributed by atoms with Gasteiger partial charge in [0.15, 0.2) is 11.6 Å². The minimum Gasteiger partial charge on any atom is -0.505 e. The van der Waals surface area contributed by atoms with Crippen molar-refractivity contribution < 1.29 is 13.9 Å². The predicted molar refractivity (Wildman–Crippen MR) is 86.0 cm³/mol. The van der Waals surface area contributed by atoms with Crippen molar-refractivity contribution in [3.8, 4) is 5.75 Å². The highest BCUT2D eigenvalue weighted by Crippen LogP contribution is 2.48. The monoisotopic (exact) mass is 304 g/mol. The lowest BCUT2D eigenvalue weighted by Crippen LogP contribution is -2.32. The maximum absolute atomic E-state index is 14.1. The van der Waals surface area contributed by atoms with Gasteiger partial charge in [-0.05, 0) is 43.0 Å². The lowest BCUT2D eigenvalue weighted by Gasteiger charge is -2.39. The van der Waals surface area contributed by atoms with Gasteiger partial charge in [0.1, 0.15) is 5.83 Å². The van der Waals surface area contributed by atoms with Crippen LogP contribution in [0.4, 0.5) is 8.78 Å². The summed E-state index contributed by atoms with van der Waals surface area (Å²) in [6, 6.07) is 4.36. The molecule has 1 aromatic carbocycles. The molecule has 0 atom stereocenters. The van der Waals surface area contributed by atoms with Crippen LogP contribution in [0.15, 0.2) is 54.4 Å². The number of benzene rings is 1. The second-order valence-corrected chi connectivity index (χ2v) is 5.82. The third kappa shape index (κ3) is 3.13. The summed E-state index contributed by atoms with van der Waals surface area (Å²) in [6.45, 7) is 5.35. The second-order valence-electron chi connectivity index (χ2n) is 5.82. The number of hydrogen-bond donors (Lipinski definition) is 1. The summed E-state index contributed by atoms with van der Waals surface area (Å²) in [4.78, 5) is 0. The summed E-state index contributed by atoms with van der Waals surface area (Å²) in [7, 11) is 0. The molecule has 0 heterocycles. The van der Waals surface area contributed by atoms with Crippen LogP contribution in [0.2, 0.25) is 0 Å². The van der Waals surface area contributed by atoms with Gasteiger partial charge in [0, 0.05) is 5.41 Å². The van der Waals surface area contributed by atoms with Gasteiger partial charge in [0.2, 0.25) is 0 Å². The molecule has 0 aliphatic heterocycles. The average molecular weight is 304 g/mol. The molecule has 22 heavy (non-hydrogen) atoms. The summed E-state index contributed by atoms with van der Waals surface area (Å²) >= 11 is 0. The van der Waals surface area contributed by atoms with Crippen molar-refractivity contribution in [1.82, 2.24) is 0 Å². The third-order valence-electron chi connectivity index (χ3n) is 4.47. The summed E-state index contributed by atoms with van der Waals surface area (Å²) in [6.07, 6.45) is 9.87. The van der Waals surface area contributed by atoms with Crippen LogP contribution in [-0.2, 0) is 5.41 Å². The first kappa shape index (κ1) is 16.5. The molecule has 3 heteroatoms. The molecule has 0 radical (unpaired) electrons. The van der Waals surface area contributed by atoms with E-state index in [1.165, 1.54) is 12.1 Å². The molecule has 1 fully saturated rings. The molecule has 0 spiro atoms. The quantitative estimate of drug-likeness (QED) is 0.705. The van der Waals surface area contributed by atoms with E-state index < -0.39 is 17.1 Å². The smallest absolute Gasteiger partial charge is 0.165 e. The molecular weight excluding hydrogens is 282 g/mol. The van der Waals surface area contributed by atoms with Crippen LogP contribution in [0, 0.1) is 5.82 Å². The van der Waals surface area contributed by atoms with Gasteiger partial charge in [0.25, 0.3) is 0 Å². The molecule has 1 aliphatic carbocycles. The number of halogens is 2. The van der Waals surface area contributed by atoms with Crippen LogP contribution < -0.4 is 0 Å². The SMILES string of the molecule is C=C(F)/C(=C\C=C/C)C1(c2ccc(O)c(F)c2)CCCCC1. The molecule has 118 valence electrons. The van der Waals surface area contributed by atoms with Crippen molar-refractivity contribution in [3.05, 3.63) is 65.8 Å². The highest BCUT2D eigenvalue weighted by Gasteiger charge is 2.39. The van der Waals surface area contributed by atoms with Crippen molar-refractivity contribution in [2.45, 2.75) is 44.4 Å². The minimum atomic E-state index is -0.669. The predicted octanol–water partition coefficient (Wildman–Crippen LogP) is 5.72. The highest BCUT2D eigenvalue weighted by atomic mass is 19.1. The van der Waals surface area contributed by atoms with Crippen molar-refractivity contribution in [3.63, 3.8) is 0 Å². The van der Waals surface area contributed by atoms with E-state index in [1.807, 2.05) is 13.0 Å². The summed E-state index contributed by atoms with van der Waals surface area (Å²) < 4.78 is 28.0. The van der Waals surface area contributed by atoms with Gasteiger partial charge in [-0.15, -0.1) is 0 Å². The first-order valence-electron chi connectivity index (χ1n) is 7.68. The number of allylic oxidation sites excluding steroid dienone is 5. The molecule has 0 aromatic heterocycles. The standard InChI is InChI=1S/C19H22F2O/c1-3-4-8-16(14(2)20)19(11-6-5-7-12-19)15-9-10-18(22)17(21)13-15/h3-4,8-10,13,22H,2,5-7,11-12H2,1H3/b4-3-,16-8+. The zero-order valence-corrected chi connectivity index (χ0v) is 12.9. The van der Waals surface area contributed by atoms with Gasteiger partial charge in [0.05, 0.1) is 0 Å². The number of rotatable bonds is 4. The van der Waals surface area contributed by atoms with E-state index in [0.29, 0.717) is 11.1 Å². The van der Waals surface area contributed by atoms with Crippen molar-refractivity contribution >= 4 is 0 Å². The van der Waals surface area contributed by atoms with Crippen molar-refractivity contribution in [2.75, 3.05) is 0 Å². The molecule has 0 bridgehead atoms. The number of hydrogen-bond acceptors (Lipinski definition) is 1. The van der Waals surface area contributed by atoms with Crippen LogP contribution in [0.3, 0.4) is 0 Å². The lowest BCUT2D eigenvalue weighted by atomic mass is 9.64. The molecule has 0 saturated heterocycles. The van der Waals surface area contributed by atoms with Crippen molar-refractivity contribution in [2.24, 2.45) is 0 Å². The molecule has 2 rings (SSSR count). The Hall–Kier alpha value is -1.90.